The van der Waals surface area contributed by atoms with Crippen molar-refractivity contribution in [3.8, 4) is 17.2 Å². The molecule has 13 rings (SSSR count). The normalized spacial score (nSPS) is 17.4. The number of nitrogens with one attached hydrogen (secondary N) is 2. The second-order valence-corrected chi connectivity index (χ2v) is 19.9. The number of β-amino-alcohol motifs (C(OH)–C–C–N with tert-alkyl or cyclic N) is 1. The van der Waals surface area contributed by atoms with E-state index in [1.54, 1.807) is 104 Å². The summed E-state index contributed by atoms with van der Waals surface area (Å²) in [4.78, 5) is 103. The van der Waals surface area contributed by atoms with Crippen molar-refractivity contribution in [2.24, 2.45) is 5.73 Å². The lowest BCUT2D eigenvalue weighted by Gasteiger charge is -2.29. The van der Waals surface area contributed by atoms with E-state index in [2.05, 4.69) is 25.6 Å². The number of ether oxygens (including phenoxy) is 3. The maximum atomic E-state index is 13.0. The molecule has 10 heterocycles. The van der Waals surface area contributed by atoms with Crippen LogP contribution in [0.25, 0.3) is 32.9 Å². The molecule has 6 aromatic heterocycles. The van der Waals surface area contributed by atoms with E-state index in [0.717, 1.165) is 16.7 Å². The first kappa shape index (κ1) is 54.3. The van der Waals surface area contributed by atoms with E-state index in [-0.39, 0.29) is 61.2 Å². The number of hydrogen-bond acceptors (Lipinski definition) is 18. The van der Waals surface area contributed by atoms with Crippen molar-refractivity contribution < 1.29 is 76.3 Å². The molecule has 7 N–H and O–H groups in total. The highest BCUT2D eigenvalue weighted by atomic mass is 16.5. The smallest absolute Gasteiger partial charge is 0.345 e. The molecule has 9 aromatic rings. The molecule has 422 valence electrons. The molecule has 4 aliphatic rings. The van der Waals surface area contributed by atoms with Gasteiger partial charge in [0.2, 0.25) is 5.60 Å². The number of methoxy groups -OCH3 is 3. The van der Waals surface area contributed by atoms with Crippen LogP contribution in [-0.4, -0.2) is 128 Å². The fourth-order valence-electron chi connectivity index (χ4n) is 10.3. The fraction of sp³-hybridized carbons (Fsp3) is 0.207. The van der Waals surface area contributed by atoms with E-state index in [1.807, 2.05) is 6.07 Å². The zero-order valence-electron chi connectivity index (χ0n) is 44.3. The molecule has 6 amide bonds. The molecule has 0 unspecified atom stereocenters. The first-order valence-corrected chi connectivity index (χ1v) is 25.4. The zero-order valence-corrected chi connectivity index (χ0v) is 44.3. The van der Waals surface area contributed by atoms with Crippen molar-refractivity contribution in [1.29, 1.82) is 0 Å². The average molecular weight is 1130 g/mol. The van der Waals surface area contributed by atoms with Gasteiger partial charge in [-0.15, -0.1) is 0 Å². The van der Waals surface area contributed by atoms with Crippen molar-refractivity contribution in [2.45, 2.75) is 36.3 Å². The van der Waals surface area contributed by atoms with E-state index in [9.17, 15) is 48.9 Å². The number of carboxylic acid groups (broad SMARTS) is 2. The monoisotopic (exact) mass is 1130 g/mol. The van der Waals surface area contributed by atoms with Crippen LogP contribution >= 0.6 is 0 Å². The number of aromatic nitrogens is 3. The number of fused-ring (bicyclic) bond motifs is 6. The number of carbonyl (C=O) groups is 7. The predicted octanol–water partition coefficient (Wildman–Crippen LogP) is 5.02. The molecule has 0 radical (unpaired) electrons. The third kappa shape index (κ3) is 9.77. The molecule has 4 aliphatic heterocycles. The van der Waals surface area contributed by atoms with Crippen LogP contribution in [0.3, 0.4) is 0 Å². The van der Waals surface area contributed by atoms with Crippen molar-refractivity contribution >= 4 is 74.5 Å². The van der Waals surface area contributed by atoms with Gasteiger partial charge in [0.25, 0.3) is 23.6 Å². The van der Waals surface area contributed by atoms with Gasteiger partial charge in [-0.05, 0) is 89.5 Å². The Morgan fingerprint density at radius 2 is 1.02 bits per heavy atom. The van der Waals surface area contributed by atoms with Gasteiger partial charge >= 0.3 is 18.0 Å². The van der Waals surface area contributed by atoms with E-state index in [4.69, 9.17) is 33.2 Å². The Morgan fingerprint density at radius 1 is 0.590 bits per heavy atom. The summed E-state index contributed by atoms with van der Waals surface area (Å²) < 4.78 is 32.5. The van der Waals surface area contributed by atoms with Gasteiger partial charge < -0.3 is 68.5 Å². The van der Waals surface area contributed by atoms with Crippen LogP contribution in [0.4, 0.5) is 4.79 Å². The second kappa shape index (κ2) is 21.1. The van der Waals surface area contributed by atoms with Crippen LogP contribution < -0.4 is 30.6 Å². The number of imide groups is 1. The number of hydrogen-bond donors (Lipinski definition) is 6. The highest BCUT2D eigenvalue weighted by Crippen LogP contribution is 2.37. The van der Waals surface area contributed by atoms with Crippen molar-refractivity contribution in [3.63, 3.8) is 0 Å². The summed E-state index contributed by atoms with van der Waals surface area (Å²) in [5.74, 6) is -2.45. The Bertz CT molecular complexity index is 3870. The maximum absolute atomic E-state index is 13.0. The molecule has 83 heavy (non-hydrogen) atoms. The minimum absolute atomic E-state index is 0.0688. The average Bonchev–Trinajstić information content (AvgIpc) is 2.51. The summed E-state index contributed by atoms with van der Waals surface area (Å²) in [7, 11) is 4.55. The molecule has 3 atom stereocenters. The van der Waals surface area contributed by atoms with Crippen LogP contribution in [0, 0.1) is 0 Å². The van der Waals surface area contributed by atoms with Crippen LogP contribution in [0.1, 0.15) is 65.0 Å². The third-order valence-corrected chi connectivity index (χ3v) is 14.8. The number of pyridine rings is 3. The summed E-state index contributed by atoms with van der Waals surface area (Å²) in [6, 6.07) is 24.4. The Labute approximate surface area is 468 Å². The minimum Gasteiger partial charge on any atom is -0.497 e. The van der Waals surface area contributed by atoms with Crippen LogP contribution in [0.15, 0.2) is 141 Å². The molecule has 25 nitrogen and oxygen atoms in total. The quantitative estimate of drug-likeness (QED) is 0.0778. The number of carboxylic acids is 2. The summed E-state index contributed by atoms with van der Waals surface area (Å²) >= 11 is 0. The van der Waals surface area contributed by atoms with Gasteiger partial charge in [-0.25, -0.2) is 14.4 Å². The van der Waals surface area contributed by atoms with E-state index in [0.29, 0.717) is 73.4 Å². The lowest BCUT2D eigenvalue weighted by Crippen LogP contribution is -2.53. The summed E-state index contributed by atoms with van der Waals surface area (Å²) in [5, 5.41) is 37.2. The molecule has 25 heteroatoms. The number of aliphatic carboxylic acids is 2. The Hall–Kier alpha value is -10.7. The molecular weight excluding hydrogens is 1080 g/mol. The predicted molar refractivity (Wildman–Crippen MR) is 289 cm³/mol. The lowest BCUT2D eigenvalue weighted by molar-refractivity contribution is -0.163. The Morgan fingerprint density at radius 3 is 1.46 bits per heavy atom. The van der Waals surface area contributed by atoms with Gasteiger partial charge in [-0.3, -0.25) is 39.4 Å². The number of urea groups is 1. The Balaban J connectivity index is 0.000000130. The van der Waals surface area contributed by atoms with Gasteiger partial charge in [0, 0.05) is 89.7 Å². The van der Waals surface area contributed by atoms with Gasteiger partial charge in [0.05, 0.1) is 41.0 Å². The SMILES string of the molecule is COc1ccc2c(c1)C(=O)N(C[C@@](N)(C(=O)O)c1cc3cnccc3o1)C2.COc1ccc2c(c1)C(=O)N(C[C@@](O)(C(=O)O)c1cc3cnccc3o1)C2.COc1ccc2c(c1)C(=O)N(C[C@@]1(c3cc4cnccc4o3)NC(=O)NC1=O)C2. The highest BCUT2D eigenvalue weighted by Gasteiger charge is 2.53. The van der Waals surface area contributed by atoms with Crippen molar-refractivity contribution in [2.75, 3.05) is 41.0 Å². The summed E-state index contributed by atoms with van der Waals surface area (Å²) in [5.41, 5.74) is 5.62. The molecule has 0 bridgehead atoms. The minimum atomic E-state index is -2.39. The Kier molecular flexibility index (Phi) is 13.8. The first-order chi connectivity index (χ1) is 39.8. The lowest BCUT2D eigenvalue weighted by atomic mass is 9.95. The molecule has 0 aliphatic carbocycles. The molecule has 1 fully saturated rings. The van der Waals surface area contributed by atoms with Crippen molar-refractivity contribution in [1.82, 2.24) is 40.3 Å². The van der Waals surface area contributed by atoms with Crippen molar-refractivity contribution in [3.05, 3.63) is 179 Å². The number of furan rings is 3. The van der Waals surface area contributed by atoms with Gasteiger partial charge in [-0.1, -0.05) is 18.2 Å². The number of rotatable bonds is 14. The summed E-state index contributed by atoms with van der Waals surface area (Å²) in [6.45, 7) is 0.0109. The van der Waals surface area contributed by atoms with E-state index in [1.165, 1.54) is 54.5 Å². The molecule has 3 aromatic carbocycles. The van der Waals surface area contributed by atoms with Crippen LogP contribution in [0.2, 0.25) is 0 Å². The third-order valence-electron chi connectivity index (χ3n) is 14.8. The molecular formula is C58H49N9O16. The largest absolute Gasteiger partial charge is 0.497 e. The second-order valence-electron chi connectivity index (χ2n) is 19.9. The number of benzene rings is 3. The number of aliphatic hydroxyl groups is 1. The van der Waals surface area contributed by atoms with Gasteiger partial charge in [-0.2, -0.15) is 0 Å². The van der Waals surface area contributed by atoms with E-state index < -0.39 is 47.1 Å². The van der Waals surface area contributed by atoms with Gasteiger partial charge in [0.1, 0.15) is 51.3 Å². The summed E-state index contributed by atoms with van der Waals surface area (Å²) in [6.07, 6.45) is 9.30. The zero-order chi connectivity index (χ0) is 58.5. The highest BCUT2D eigenvalue weighted by molar-refractivity contribution is 6.08. The topological polar surface area (TPSA) is 346 Å². The molecule has 0 spiro atoms. The first-order valence-electron chi connectivity index (χ1n) is 25.4. The fourth-order valence-corrected chi connectivity index (χ4v) is 10.3. The van der Waals surface area contributed by atoms with Gasteiger partial charge in [0.15, 0.2) is 11.1 Å². The number of carbonyl (C=O) groups excluding carboxylic acids is 5. The van der Waals surface area contributed by atoms with Crippen LogP contribution in [-0.2, 0) is 50.7 Å². The number of nitrogens with zero attached hydrogens (tertiary/aromatic N) is 6. The maximum Gasteiger partial charge on any atom is 0.345 e. The molecule has 1 saturated heterocycles. The van der Waals surface area contributed by atoms with E-state index >= 15 is 0 Å². The van der Waals surface area contributed by atoms with Crippen LogP contribution in [0.5, 0.6) is 17.2 Å². The standard InChI is InChI=1S/C20H16N4O5.C19H17N3O5.C19H16N2O6/c1-28-13-3-2-11-9-24(17(25)14(11)7-13)10-20(18(26)22-19(27)23-20)16-6-12-8-21-5-4-15(12)29-16;1-26-13-3-2-11-9-22(17(23)14(11)7-13)10-19(20,18(24)25)16-6-12-8-21-5-4-15(12)27-16;1-26-13-3-2-11-9-21(17(22)14(11)7-13)10-19(25,18(23)24)16-6-12-8-20-5-4-15(12)27-16/h2-8H,9-10H2,1H3,(H2,22,23,26,27);2-8H,9-10,20H2,1H3,(H,24,25);2-8,25H,9-10H2,1H3,(H,23,24)/t20-;2*19-/m000/s1. The molecule has 0 saturated carbocycles. The number of nitrogens with two attached hydrogens (primary N) is 1. The number of amides is 6.